The molecule has 0 aromatic heterocycles. The average molecular weight is 255 g/mol. The van der Waals surface area contributed by atoms with Crippen LogP contribution in [0.4, 0.5) is 0 Å². The van der Waals surface area contributed by atoms with Gasteiger partial charge in [-0.2, -0.15) is 0 Å². The minimum absolute atomic E-state index is 0.190. The minimum atomic E-state index is -0.190. The van der Waals surface area contributed by atoms with Crippen LogP contribution in [0, 0.1) is 0 Å². The van der Waals surface area contributed by atoms with Crippen LogP contribution in [0.3, 0.4) is 0 Å². The van der Waals surface area contributed by atoms with Crippen LogP contribution in [0.15, 0.2) is 0 Å². The lowest BCUT2D eigenvalue weighted by atomic mass is 10.3. The lowest BCUT2D eigenvalue weighted by Crippen LogP contribution is -2.39. The molecule has 1 heterocycles. The van der Waals surface area contributed by atoms with Crippen molar-refractivity contribution in [1.29, 1.82) is 0 Å². The van der Waals surface area contributed by atoms with Crippen molar-refractivity contribution in [3.8, 4) is 0 Å². The third kappa shape index (κ3) is 2.84. The number of nitrogens with zero attached hydrogens (tertiary/aromatic N) is 2. The van der Waals surface area contributed by atoms with Crippen LogP contribution in [0.1, 0.15) is 26.2 Å². The molecule has 1 amide bonds. The van der Waals surface area contributed by atoms with Crippen LogP contribution in [0.2, 0.25) is 0 Å². The van der Waals surface area contributed by atoms with Crippen LogP contribution >= 0.6 is 0 Å². The smallest absolute Gasteiger partial charge is 0.244 e. The molecule has 1 spiro atoms. The summed E-state index contributed by atoms with van der Waals surface area (Å²) in [6.45, 7) is 5.11. The normalized spacial score (nSPS) is 25.4. The van der Waals surface area contributed by atoms with Gasteiger partial charge in [0.25, 0.3) is 0 Å². The lowest BCUT2D eigenvalue weighted by Gasteiger charge is -2.23. The number of hydrogen-bond donors (Lipinski definition) is 1. The van der Waals surface area contributed by atoms with Gasteiger partial charge in [-0.1, -0.05) is 6.92 Å². The number of likely N-dealkylation sites (N-methyl/N-ethyl adjacent to an activating group) is 1. The monoisotopic (exact) mass is 255 g/mol. The first-order valence-electron chi connectivity index (χ1n) is 6.90. The Hall–Kier alpha value is -0.650. The van der Waals surface area contributed by atoms with E-state index in [4.69, 9.17) is 4.74 Å². The molecule has 2 fully saturated rings. The number of ether oxygens (including phenoxy) is 1. The summed E-state index contributed by atoms with van der Waals surface area (Å²) in [5, 5.41) is 3.46. The summed E-state index contributed by atoms with van der Waals surface area (Å²) in [6, 6.07) is 0. The Labute approximate surface area is 109 Å². The highest BCUT2D eigenvalue weighted by molar-refractivity contribution is 5.91. The van der Waals surface area contributed by atoms with Gasteiger partial charge in [0.2, 0.25) is 5.91 Å². The van der Waals surface area contributed by atoms with E-state index in [9.17, 15) is 4.79 Å². The van der Waals surface area contributed by atoms with E-state index < -0.39 is 0 Å². The second kappa shape index (κ2) is 5.55. The summed E-state index contributed by atoms with van der Waals surface area (Å²) in [7, 11) is 4.06. The van der Waals surface area contributed by atoms with E-state index in [1.54, 1.807) is 0 Å². The molecule has 0 radical (unpaired) electrons. The van der Waals surface area contributed by atoms with Crippen LogP contribution in [0.5, 0.6) is 0 Å². The van der Waals surface area contributed by atoms with Gasteiger partial charge in [0.15, 0.2) is 0 Å². The Bertz CT molecular complexity index is 303. The van der Waals surface area contributed by atoms with E-state index >= 15 is 0 Å². The molecule has 1 unspecified atom stereocenters. The molecule has 18 heavy (non-hydrogen) atoms. The molecule has 1 aliphatic carbocycles. The number of carbonyl (C=O) groups excluding carboxylic acids is 1. The first-order chi connectivity index (χ1) is 8.59. The summed E-state index contributed by atoms with van der Waals surface area (Å²) < 4.78 is 5.57. The van der Waals surface area contributed by atoms with Gasteiger partial charge in [-0.3, -0.25) is 10.1 Å². The van der Waals surface area contributed by atoms with E-state index in [2.05, 4.69) is 17.1 Å². The zero-order chi connectivity index (χ0) is 13.2. The number of carbonyl (C=O) groups is 1. The van der Waals surface area contributed by atoms with E-state index in [0.717, 1.165) is 32.4 Å². The van der Waals surface area contributed by atoms with Crippen molar-refractivity contribution in [3.05, 3.63) is 0 Å². The predicted octanol–water partition coefficient (Wildman–Crippen LogP) is 0.265. The van der Waals surface area contributed by atoms with Gasteiger partial charge in [-0.05, 0) is 33.4 Å². The molecule has 1 N–H and O–H groups in total. The molecular weight excluding hydrogens is 230 g/mol. The van der Waals surface area contributed by atoms with Gasteiger partial charge < -0.3 is 14.5 Å². The minimum Gasteiger partial charge on any atom is -0.378 e. The molecule has 5 heteroatoms. The van der Waals surface area contributed by atoms with E-state index in [1.807, 2.05) is 19.0 Å². The first kappa shape index (κ1) is 13.8. The van der Waals surface area contributed by atoms with E-state index in [-0.39, 0.29) is 17.6 Å². The van der Waals surface area contributed by atoms with Crippen molar-refractivity contribution in [3.63, 3.8) is 0 Å². The summed E-state index contributed by atoms with van der Waals surface area (Å²) in [5.74, 6) is 0.283. The van der Waals surface area contributed by atoms with Crippen LogP contribution in [-0.2, 0) is 9.53 Å². The fourth-order valence-corrected chi connectivity index (χ4v) is 2.45. The Morgan fingerprint density at radius 1 is 1.44 bits per heavy atom. The first-order valence-corrected chi connectivity index (χ1v) is 6.90. The number of amides is 1. The van der Waals surface area contributed by atoms with Crippen LogP contribution < -0.4 is 5.32 Å². The number of nitrogens with one attached hydrogen (secondary N) is 1. The second-order valence-corrected chi connectivity index (χ2v) is 5.56. The van der Waals surface area contributed by atoms with Crippen LogP contribution in [-0.4, -0.2) is 67.8 Å². The van der Waals surface area contributed by atoms with E-state index in [0.29, 0.717) is 13.2 Å². The molecule has 1 aliphatic heterocycles. The topological polar surface area (TPSA) is 44.8 Å². The summed E-state index contributed by atoms with van der Waals surface area (Å²) in [5.41, 5.74) is -0.190. The molecular formula is C13H25N3O2. The highest BCUT2D eigenvalue weighted by atomic mass is 16.5. The second-order valence-electron chi connectivity index (χ2n) is 5.56. The van der Waals surface area contributed by atoms with Gasteiger partial charge in [-0.15, -0.1) is 0 Å². The number of rotatable bonds is 7. The van der Waals surface area contributed by atoms with Crippen molar-refractivity contribution in [2.24, 2.45) is 0 Å². The van der Waals surface area contributed by atoms with Crippen molar-refractivity contribution in [2.45, 2.75) is 37.9 Å². The predicted molar refractivity (Wildman–Crippen MR) is 70.3 cm³/mol. The molecule has 2 aliphatic rings. The molecule has 0 aromatic rings. The molecule has 1 atom stereocenters. The Morgan fingerprint density at radius 3 is 2.72 bits per heavy atom. The standard InChI is InChI=1S/C13H25N3O2/c1-4-11-14-13(5-6-13)12(17)16(11)8-10-18-9-7-15(2)3/h11,14H,4-10H2,1-3H3. The van der Waals surface area contributed by atoms with Crippen molar-refractivity contribution < 1.29 is 9.53 Å². The summed E-state index contributed by atoms with van der Waals surface area (Å²) in [6.07, 6.45) is 3.17. The highest BCUT2D eigenvalue weighted by Gasteiger charge is 2.58. The maximum atomic E-state index is 12.2. The third-order valence-corrected chi connectivity index (χ3v) is 3.79. The van der Waals surface area contributed by atoms with Gasteiger partial charge in [0.05, 0.1) is 24.9 Å². The molecule has 0 bridgehead atoms. The lowest BCUT2D eigenvalue weighted by molar-refractivity contribution is -0.131. The van der Waals surface area contributed by atoms with Crippen molar-refractivity contribution in [1.82, 2.24) is 15.1 Å². The molecule has 0 aromatic carbocycles. The Balaban J connectivity index is 1.72. The fourth-order valence-electron chi connectivity index (χ4n) is 2.45. The maximum absolute atomic E-state index is 12.2. The number of hydrogen-bond acceptors (Lipinski definition) is 4. The zero-order valence-corrected chi connectivity index (χ0v) is 11.7. The van der Waals surface area contributed by atoms with Crippen LogP contribution in [0.25, 0.3) is 0 Å². The van der Waals surface area contributed by atoms with Gasteiger partial charge in [0, 0.05) is 13.1 Å². The van der Waals surface area contributed by atoms with Crippen molar-refractivity contribution >= 4 is 5.91 Å². The largest absolute Gasteiger partial charge is 0.378 e. The quantitative estimate of drug-likeness (QED) is 0.663. The molecule has 5 nitrogen and oxygen atoms in total. The Kier molecular flexibility index (Phi) is 4.25. The summed E-state index contributed by atoms with van der Waals surface area (Å²) in [4.78, 5) is 16.3. The highest BCUT2D eigenvalue weighted by Crippen LogP contribution is 2.42. The van der Waals surface area contributed by atoms with Crippen molar-refractivity contribution in [2.75, 3.05) is 40.4 Å². The van der Waals surface area contributed by atoms with Gasteiger partial charge >= 0.3 is 0 Å². The zero-order valence-electron chi connectivity index (χ0n) is 11.7. The van der Waals surface area contributed by atoms with Gasteiger partial charge in [-0.25, -0.2) is 0 Å². The Morgan fingerprint density at radius 2 is 2.17 bits per heavy atom. The molecule has 2 rings (SSSR count). The fraction of sp³-hybridized carbons (Fsp3) is 0.923. The molecule has 1 saturated carbocycles. The molecule has 104 valence electrons. The summed E-state index contributed by atoms with van der Waals surface area (Å²) >= 11 is 0. The molecule has 1 saturated heterocycles. The van der Waals surface area contributed by atoms with E-state index in [1.165, 1.54) is 0 Å². The SMILES string of the molecule is CCC1NC2(CC2)C(=O)N1CCOCCN(C)C. The average Bonchev–Trinajstić information content (AvgIpc) is 3.06. The maximum Gasteiger partial charge on any atom is 0.244 e. The van der Waals surface area contributed by atoms with Gasteiger partial charge in [0.1, 0.15) is 0 Å². The third-order valence-electron chi connectivity index (χ3n) is 3.79.